The van der Waals surface area contributed by atoms with Crippen LogP contribution < -0.4 is 10.2 Å². The van der Waals surface area contributed by atoms with Gasteiger partial charge in [0.05, 0.1) is 6.04 Å². The minimum absolute atomic E-state index is 0.00500. The first-order chi connectivity index (χ1) is 8.72. The number of benzene rings is 1. The first-order valence-electron chi connectivity index (χ1n) is 6.82. The second-order valence-electron chi connectivity index (χ2n) is 4.92. The predicted octanol–water partition coefficient (Wildman–Crippen LogP) is 2.35. The zero-order valence-electron chi connectivity index (χ0n) is 11.3. The van der Waals surface area contributed by atoms with E-state index in [-0.39, 0.29) is 11.9 Å². The highest BCUT2D eigenvalue weighted by Crippen LogP contribution is 2.17. The highest BCUT2D eigenvalue weighted by atomic mass is 16.2. The molecule has 0 saturated carbocycles. The Hall–Kier alpha value is -1.35. The van der Waals surface area contributed by atoms with E-state index in [1.807, 2.05) is 19.2 Å². The largest absolute Gasteiger partial charge is 0.314 e. The van der Waals surface area contributed by atoms with Crippen molar-refractivity contribution in [2.24, 2.45) is 0 Å². The number of carbonyl (C=O) groups excluding carboxylic acids is 1. The standard InChI is InChI=1S/C15H22N2O/c1-3-12-7-9-13(10-8-12)17(2)15(18)14-6-4-5-11-16-14/h7-10,14,16H,3-6,11H2,1-2H3/t14-/m0/s1. The molecule has 98 valence electrons. The van der Waals surface area contributed by atoms with Gasteiger partial charge in [-0.2, -0.15) is 0 Å². The third kappa shape index (κ3) is 2.91. The summed E-state index contributed by atoms with van der Waals surface area (Å²) in [6.45, 7) is 3.09. The number of hydrogen-bond donors (Lipinski definition) is 1. The lowest BCUT2D eigenvalue weighted by atomic mass is 10.0. The minimum atomic E-state index is -0.00500. The molecule has 0 aliphatic carbocycles. The van der Waals surface area contributed by atoms with E-state index in [0.29, 0.717) is 0 Å². The van der Waals surface area contributed by atoms with E-state index in [9.17, 15) is 4.79 Å². The number of nitrogens with one attached hydrogen (secondary N) is 1. The van der Waals surface area contributed by atoms with Gasteiger partial charge in [0.25, 0.3) is 0 Å². The summed E-state index contributed by atoms with van der Waals surface area (Å²) in [4.78, 5) is 14.1. The van der Waals surface area contributed by atoms with Crippen molar-refractivity contribution in [3.63, 3.8) is 0 Å². The van der Waals surface area contributed by atoms with Gasteiger partial charge in [-0.25, -0.2) is 0 Å². The van der Waals surface area contributed by atoms with Crippen LogP contribution in [0.15, 0.2) is 24.3 Å². The van der Waals surface area contributed by atoms with Gasteiger partial charge in [0.1, 0.15) is 0 Å². The molecule has 3 heteroatoms. The van der Waals surface area contributed by atoms with Crippen molar-refractivity contribution in [2.45, 2.75) is 38.6 Å². The van der Waals surface area contributed by atoms with Crippen LogP contribution in [0.2, 0.25) is 0 Å². The second-order valence-corrected chi connectivity index (χ2v) is 4.92. The molecule has 1 saturated heterocycles. The second kappa shape index (κ2) is 6.01. The lowest BCUT2D eigenvalue weighted by Crippen LogP contribution is -2.47. The van der Waals surface area contributed by atoms with Crippen LogP contribution in [0.1, 0.15) is 31.7 Å². The number of piperidine rings is 1. The Morgan fingerprint density at radius 2 is 2.06 bits per heavy atom. The van der Waals surface area contributed by atoms with Gasteiger partial charge >= 0.3 is 0 Å². The number of amides is 1. The summed E-state index contributed by atoms with van der Waals surface area (Å²) in [5, 5.41) is 3.30. The molecule has 1 heterocycles. The molecule has 18 heavy (non-hydrogen) atoms. The van der Waals surface area contributed by atoms with Crippen molar-refractivity contribution in [1.82, 2.24) is 5.32 Å². The summed E-state index contributed by atoms with van der Waals surface area (Å²) in [6, 6.07) is 8.23. The molecule has 1 atom stereocenters. The quantitative estimate of drug-likeness (QED) is 0.888. The summed E-state index contributed by atoms with van der Waals surface area (Å²) in [6.07, 6.45) is 4.31. The van der Waals surface area contributed by atoms with E-state index in [2.05, 4.69) is 24.4 Å². The van der Waals surface area contributed by atoms with E-state index in [1.165, 1.54) is 12.0 Å². The first kappa shape index (κ1) is 13.1. The fourth-order valence-corrected chi connectivity index (χ4v) is 2.38. The molecular weight excluding hydrogens is 224 g/mol. The molecule has 1 N–H and O–H groups in total. The van der Waals surface area contributed by atoms with Crippen LogP contribution in [0.5, 0.6) is 0 Å². The van der Waals surface area contributed by atoms with E-state index in [4.69, 9.17) is 0 Å². The molecule has 1 amide bonds. The van der Waals surface area contributed by atoms with Gasteiger partial charge in [-0.1, -0.05) is 25.5 Å². The Morgan fingerprint density at radius 1 is 1.33 bits per heavy atom. The number of aryl methyl sites for hydroxylation is 1. The van der Waals surface area contributed by atoms with Gasteiger partial charge < -0.3 is 10.2 Å². The van der Waals surface area contributed by atoms with Crippen LogP contribution in [-0.4, -0.2) is 25.5 Å². The van der Waals surface area contributed by atoms with Crippen LogP contribution in [0.4, 0.5) is 5.69 Å². The minimum Gasteiger partial charge on any atom is -0.314 e. The molecule has 0 bridgehead atoms. The Balaban J connectivity index is 2.04. The van der Waals surface area contributed by atoms with E-state index in [1.54, 1.807) is 4.90 Å². The normalized spacial score (nSPS) is 19.6. The number of carbonyl (C=O) groups is 1. The molecule has 3 nitrogen and oxygen atoms in total. The predicted molar refractivity (Wildman–Crippen MR) is 74.9 cm³/mol. The smallest absolute Gasteiger partial charge is 0.243 e. The van der Waals surface area contributed by atoms with Crippen LogP contribution in [0.25, 0.3) is 0 Å². The molecule has 0 radical (unpaired) electrons. The third-order valence-electron chi connectivity index (χ3n) is 3.67. The lowest BCUT2D eigenvalue weighted by Gasteiger charge is -2.27. The number of rotatable bonds is 3. The molecule has 0 spiro atoms. The fraction of sp³-hybridized carbons (Fsp3) is 0.533. The zero-order valence-corrected chi connectivity index (χ0v) is 11.3. The van der Waals surface area contributed by atoms with Gasteiger partial charge in [-0.05, 0) is 43.5 Å². The highest BCUT2D eigenvalue weighted by molar-refractivity contribution is 5.96. The Morgan fingerprint density at radius 3 is 2.61 bits per heavy atom. The van der Waals surface area contributed by atoms with Crippen molar-refractivity contribution >= 4 is 11.6 Å². The maximum Gasteiger partial charge on any atom is 0.243 e. The Kier molecular flexibility index (Phi) is 4.37. The number of nitrogens with zero attached hydrogens (tertiary/aromatic N) is 1. The summed E-state index contributed by atoms with van der Waals surface area (Å²) in [5.41, 5.74) is 2.28. The summed E-state index contributed by atoms with van der Waals surface area (Å²) in [7, 11) is 1.86. The van der Waals surface area contributed by atoms with Crippen LogP contribution in [-0.2, 0) is 11.2 Å². The molecule has 0 aromatic heterocycles. The number of hydrogen-bond acceptors (Lipinski definition) is 2. The SMILES string of the molecule is CCc1ccc(N(C)C(=O)[C@@H]2CCCCN2)cc1. The van der Waals surface area contributed by atoms with Crippen molar-refractivity contribution in [2.75, 3.05) is 18.5 Å². The monoisotopic (exact) mass is 246 g/mol. The van der Waals surface area contributed by atoms with Crippen LogP contribution in [0.3, 0.4) is 0 Å². The molecule has 1 aromatic rings. The average molecular weight is 246 g/mol. The molecule has 1 fully saturated rings. The summed E-state index contributed by atoms with van der Waals surface area (Å²) >= 11 is 0. The lowest BCUT2D eigenvalue weighted by molar-refractivity contribution is -0.120. The van der Waals surface area contributed by atoms with Crippen molar-refractivity contribution < 1.29 is 4.79 Å². The van der Waals surface area contributed by atoms with Gasteiger partial charge in [-0.3, -0.25) is 4.79 Å². The van der Waals surface area contributed by atoms with Crippen LogP contribution in [0, 0.1) is 0 Å². The molecule has 1 aromatic carbocycles. The van der Waals surface area contributed by atoms with Gasteiger partial charge in [0.2, 0.25) is 5.91 Å². The Labute approximate surface area is 109 Å². The van der Waals surface area contributed by atoms with Crippen molar-refractivity contribution in [1.29, 1.82) is 0 Å². The molecule has 1 aliphatic rings. The molecular formula is C15H22N2O. The van der Waals surface area contributed by atoms with Gasteiger partial charge in [0, 0.05) is 12.7 Å². The summed E-state index contributed by atoms with van der Waals surface area (Å²) in [5.74, 6) is 0.180. The summed E-state index contributed by atoms with van der Waals surface area (Å²) < 4.78 is 0. The van der Waals surface area contributed by atoms with Crippen molar-refractivity contribution in [3.05, 3.63) is 29.8 Å². The van der Waals surface area contributed by atoms with E-state index >= 15 is 0 Å². The van der Waals surface area contributed by atoms with Gasteiger partial charge in [0.15, 0.2) is 0 Å². The molecule has 2 rings (SSSR count). The van der Waals surface area contributed by atoms with Crippen molar-refractivity contribution in [3.8, 4) is 0 Å². The number of likely N-dealkylation sites (N-methyl/N-ethyl adjacent to an activating group) is 1. The molecule has 0 unspecified atom stereocenters. The first-order valence-corrected chi connectivity index (χ1v) is 6.82. The maximum atomic E-state index is 12.3. The topological polar surface area (TPSA) is 32.3 Å². The van der Waals surface area contributed by atoms with Gasteiger partial charge in [-0.15, -0.1) is 0 Å². The zero-order chi connectivity index (χ0) is 13.0. The maximum absolute atomic E-state index is 12.3. The number of anilines is 1. The van der Waals surface area contributed by atoms with Crippen LogP contribution >= 0.6 is 0 Å². The molecule has 1 aliphatic heterocycles. The van der Waals surface area contributed by atoms with E-state index < -0.39 is 0 Å². The fourth-order valence-electron chi connectivity index (χ4n) is 2.38. The Bertz CT molecular complexity index is 393. The third-order valence-corrected chi connectivity index (χ3v) is 3.67. The van der Waals surface area contributed by atoms with E-state index in [0.717, 1.165) is 31.5 Å². The average Bonchev–Trinajstić information content (AvgIpc) is 2.47. The highest BCUT2D eigenvalue weighted by Gasteiger charge is 2.24.